The number of benzene rings is 1. The Bertz CT molecular complexity index is 836. The number of aliphatic imine (C=N–C) groups is 1. The smallest absolute Gasteiger partial charge is 0.406 e. The van der Waals surface area contributed by atoms with E-state index in [1.165, 1.54) is 37.1 Å². The minimum absolute atomic E-state index is 0. The quantitative estimate of drug-likeness (QED) is 0.317. The van der Waals surface area contributed by atoms with Gasteiger partial charge in [-0.25, -0.2) is 9.98 Å². The summed E-state index contributed by atoms with van der Waals surface area (Å²) in [5.41, 5.74) is 7.58. The SMILES string of the molecule is CC1CCN(c2ccc(CN=C(N)NCc3ccc(OC(F)(F)F)cc3)cn2)CC1.I. The molecule has 0 unspecified atom stereocenters. The Morgan fingerprint density at radius 2 is 1.81 bits per heavy atom. The molecule has 0 saturated carbocycles. The maximum atomic E-state index is 12.2. The van der Waals surface area contributed by atoms with Crippen LogP contribution >= 0.6 is 24.0 Å². The summed E-state index contributed by atoms with van der Waals surface area (Å²) in [5.74, 6) is 1.75. The highest BCUT2D eigenvalue weighted by Gasteiger charge is 2.30. The third-order valence-corrected chi connectivity index (χ3v) is 4.98. The predicted octanol–water partition coefficient (Wildman–Crippen LogP) is 4.44. The van der Waals surface area contributed by atoms with E-state index in [0.29, 0.717) is 13.1 Å². The Morgan fingerprint density at radius 1 is 1.16 bits per heavy atom. The molecule has 0 atom stereocenters. The van der Waals surface area contributed by atoms with Gasteiger partial charge in [-0.2, -0.15) is 0 Å². The van der Waals surface area contributed by atoms with E-state index >= 15 is 0 Å². The lowest BCUT2D eigenvalue weighted by Crippen LogP contribution is -2.33. The number of nitrogens with zero attached hydrogens (tertiary/aromatic N) is 3. The molecule has 170 valence electrons. The molecule has 10 heteroatoms. The van der Waals surface area contributed by atoms with Crippen LogP contribution in [0.4, 0.5) is 19.0 Å². The van der Waals surface area contributed by atoms with Crippen molar-refractivity contribution in [1.82, 2.24) is 10.3 Å². The molecular formula is C21H27F3IN5O. The molecule has 0 aliphatic carbocycles. The normalized spacial score (nSPS) is 15.4. The first-order valence-corrected chi connectivity index (χ1v) is 9.87. The Morgan fingerprint density at radius 3 is 2.39 bits per heavy atom. The number of pyridine rings is 1. The average Bonchev–Trinajstić information content (AvgIpc) is 2.72. The van der Waals surface area contributed by atoms with Gasteiger partial charge in [-0.3, -0.25) is 0 Å². The fourth-order valence-corrected chi connectivity index (χ4v) is 3.17. The lowest BCUT2D eigenvalue weighted by Gasteiger charge is -2.31. The van der Waals surface area contributed by atoms with E-state index < -0.39 is 6.36 Å². The summed E-state index contributed by atoms with van der Waals surface area (Å²) in [7, 11) is 0. The van der Waals surface area contributed by atoms with Gasteiger partial charge < -0.3 is 20.7 Å². The summed E-state index contributed by atoms with van der Waals surface area (Å²) >= 11 is 0. The maximum Gasteiger partial charge on any atom is 0.573 e. The van der Waals surface area contributed by atoms with Crippen molar-refractivity contribution >= 4 is 35.8 Å². The zero-order valence-electron chi connectivity index (χ0n) is 17.2. The summed E-state index contributed by atoms with van der Waals surface area (Å²) in [5, 5.41) is 2.94. The maximum absolute atomic E-state index is 12.2. The summed E-state index contributed by atoms with van der Waals surface area (Å²) in [6, 6.07) is 9.59. The number of halogens is 4. The van der Waals surface area contributed by atoms with Gasteiger partial charge in [-0.05, 0) is 48.1 Å². The Kier molecular flexibility index (Phi) is 9.20. The van der Waals surface area contributed by atoms with Crippen LogP contribution in [0.2, 0.25) is 0 Å². The molecule has 31 heavy (non-hydrogen) atoms. The van der Waals surface area contributed by atoms with E-state index in [9.17, 15) is 13.2 Å². The molecule has 2 heterocycles. The molecule has 1 aromatic heterocycles. The number of ether oxygens (including phenoxy) is 1. The zero-order valence-corrected chi connectivity index (χ0v) is 19.6. The molecule has 0 spiro atoms. The van der Waals surface area contributed by atoms with Crippen molar-refractivity contribution in [1.29, 1.82) is 0 Å². The van der Waals surface area contributed by atoms with Crippen molar-refractivity contribution in [2.45, 2.75) is 39.2 Å². The monoisotopic (exact) mass is 549 g/mol. The lowest BCUT2D eigenvalue weighted by molar-refractivity contribution is -0.274. The molecule has 1 fully saturated rings. The number of aromatic nitrogens is 1. The third kappa shape index (κ3) is 8.42. The van der Waals surface area contributed by atoms with Crippen molar-refractivity contribution < 1.29 is 17.9 Å². The van der Waals surface area contributed by atoms with Crippen LogP contribution in [-0.2, 0) is 13.1 Å². The number of alkyl halides is 3. The fourth-order valence-electron chi connectivity index (χ4n) is 3.17. The van der Waals surface area contributed by atoms with Gasteiger partial charge in [-0.15, -0.1) is 37.1 Å². The van der Waals surface area contributed by atoms with Crippen molar-refractivity contribution in [3.05, 3.63) is 53.7 Å². The topological polar surface area (TPSA) is 75.8 Å². The van der Waals surface area contributed by atoms with Gasteiger partial charge in [0, 0.05) is 25.8 Å². The van der Waals surface area contributed by atoms with E-state index in [0.717, 1.165) is 36.0 Å². The molecule has 3 N–H and O–H groups in total. The van der Waals surface area contributed by atoms with Crippen LogP contribution in [0.1, 0.15) is 30.9 Å². The lowest BCUT2D eigenvalue weighted by atomic mass is 9.99. The summed E-state index contributed by atoms with van der Waals surface area (Å²) in [6.07, 6.45) is -0.512. The molecule has 3 rings (SSSR count). The molecule has 1 aliphatic heterocycles. The van der Waals surface area contributed by atoms with Crippen molar-refractivity contribution in [2.75, 3.05) is 18.0 Å². The number of hydrogen-bond donors (Lipinski definition) is 2. The van der Waals surface area contributed by atoms with Crippen LogP contribution in [0.5, 0.6) is 5.75 Å². The van der Waals surface area contributed by atoms with Crippen LogP contribution in [0.15, 0.2) is 47.6 Å². The minimum Gasteiger partial charge on any atom is -0.406 e. The predicted molar refractivity (Wildman–Crippen MR) is 126 cm³/mol. The highest BCUT2D eigenvalue weighted by Crippen LogP contribution is 2.23. The highest BCUT2D eigenvalue weighted by atomic mass is 127. The molecule has 2 aromatic rings. The van der Waals surface area contributed by atoms with Crippen molar-refractivity contribution in [2.24, 2.45) is 16.6 Å². The van der Waals surface area contributed by atoms with Crippen LogP contribution in [0.25, 0.3) is 0 Å². The second kappa shape index (κ2) is 11.4. The number of rotatable bonds is 6. The van der Waals surface area contributed by atoms with Gasteiger partial charge in [0.1, 0.15) is 11.6 Å². The Balaban J connectivity index is 0.00000341. The van der Waals surface area contributed by atoms with Crippen molar-refractivity contribution in [3.8, 4) is 5.75 Å². The Labute approximate surface area is 197 Å². The standard InChI is InChI=1S/C21H26F3N5O.HI/c1-15-8-10-29(11-9-15)19-7-4-17(13-26-19)14-28-20(25)27-12-16-2-5-18(6-3-16)30-21(22,23)24;/h2-7,13,15H,8-12,14H2,1H3,(H3,25,27,28);1H. The van der Waals surface area contributed by atoms with Gasteiger partial charge in [0.25, 0.3) is 0 Å². The fraction of sp³-hybridized carbons (Fsp3) is 0.429. The first-order valence-electron chi connectivity index (χ1n) is 9.87. The van der Waals surface area contributed by atoms with E-state index in [1.807, 2.05) is 18.3 Å². The number of nitrogens with two attached hydrogens (primary N) is 1. The van der Waals surface area contributed by atoms with Gasteiger partial charge in [0.2, 0.25) is 0 Å². The molecule has 0 bridgehead atoms. The van der Waals surface area contributed by atoms with Crippen LogP contribution in [0, 0.1) is 5.92 Å². The first kappa shape index (κ1) is 25.0. The number of anilines is 1. The Hall–Kier alpha value is -2.24. The van der Waals surface area contributed by atoms with E-state index in [-0.39, 0.29) is 35.7 Å². The van der Waals surface area contributed by atoms with E-state index in [4.69, 9.17) is 5.73 Å². The summed E-state index contributed by atoms with van der Waals surface area (Å²) < 4.78 is 40.4. The molecule has 0 amide bonds. The van der Waals surface area contributed by atoms with E-state index in [2.05, 4.69) is 31.9 Å². The average molecular weight is 549 g/mol. The number of hydrogen-bond acceptors (Lipinski definition) is 4. The minimum atomic E-state index is -4.70. The summed E-state index contributed by atoms with van der Waals surface area (Å²) in [6.45, 7) is 5.08. The number of piperidine rings is 1. The molecule has 1 aliphatic rings. The number of nitrogens with one attached hydrogen (secondary N) is 1. The molecule has 6 nitrogen and oxygen atoms in total. The number of guanidine groups is 1. The van der Waals surface area contributed by atoms with Gasteiger partial charge in [-0.1, -0.05) is 25.1 Å². The second-order valence-electron chi connectivity index (χ2n) is 7.44. The second-order valence-corrected chi connectivity index (χ2v) is 7.44. The largest absolute Gasteiger partial charge is 0.573 e. The van der Waals surface area contributed by atoms with Crippen molar-refractivity contribution in [3.63, 3.8) is 0 Å². The molecule has 0 radical (unpaired) electrons. The highest BCUT2D eigenvalue weighted by molar-refractivity contribution is 14.0. The first-order chi connectivity index (χ1) is 14.3. The molecular weight excluding hydrogens is 522 g/mol. The van der Waals surface area contributed by atoms with Gasteiger partial charge in [0.05, 0.1) is 6.54 Å². The van der Waals surface area contributed by atoms with Crippen LogP contribution in [0.3, 0.4) is 0 Å². The summed E-state index contributed by atoms with van der Waals surface area (Å²) in [4.78, 5) is 11.1. The molecule has 1 aromatic carbocycles. The van der Waals surface area contributed by atoms with E-state index in [1.54, 1.807) is 0 Å². The van der Waals surface area contributed by atoms with Gasteiger partial charge >= 0.3 is 6.36 Å². The third-order valence-electron chi connectivity index (χ3n) is 4.98. The van der Waals surface area contributed by atoms with Crippen LogP contribution in [-0.4, -0.2) is 30.4 Å². The molecule has 1 saturated heterocycles. The van der Waals surface area contributed by atoms with Gasteiger partial charge in [0.15, 0.2) is 5.96 Å². The zero-order chi connectivity index (χ0) is 21.6. The van der Waals surface area contributed by atoms with Crippen LogP contribution < -0.4 is 20.7 Å².